The van der Waals surface area contributed by atoms with Crippen LogP contribution in [0, 0.1) is 19.7 Å². The summed E-state index contributed by atoms with van der Waals surface area (Å²) in [5, 5.41) is 0. The Labute approximate surface area is 193 Å². The zero-order chi connectivity index (χ0) is 23.2. The number of piperidine rings is 1. The lowest BCUT2D eigenvalue weighted by atomic mass is 10.0. The molecule has 1 atom stereocenters. The molecule has 0 radical (unpaired) electrons. The molecule has 1 spiro atoms. The number of imidazole rings is 1. The number of carbonyl (C=O) groups is 1. The van der Waals surface area contributed by atoms with Gasteiger partial charge in [0, 0.05) is 38.5 Å². The fourth-order valence-corrected chi connectivity index (χ4v) is 4.99. The van der Waals surface area contributed by atoms with Crippen molar-refractivity contribution in [3.8, 4) is 0 Å². The van der Waals surface area contributed by atoms with Crippen molar-refractivity contribution in [3.63, 3.8) is 0 Å². The molecular formula is C26H30FN3O3. The van der Waals surface area contributed by atoms with Crippen LogP contribution in [0.2, 0.25) is 0 Å². The molecule has 2 aromatic heterocycles. The van der Waals surface area contributed by atoms with Crippen LogP contribution in [0.4, 0.5) is 10.1 Å². The topological polar surface area (TPSA) is 56.1 Å². The lowest BCUT2D eigenvalue weighted by molar-refractivity contribution is -0.178. The van der Waals surface area contributed by atoms with Crippen molar-refractivity contribution in [1.29, 1.82) is 0 Å². The van der Waals surface area contributed by atoms with Gasteiger partial charge in [-0.05, 0) is 62.6 Å². The summed E-state index contributed by atoms with van der Waals surface area (Å²) >= 11 is 0. The number of hydrogen-bond donors (Lipinski definition) is 0. The number of nitrogens with zero attached hydrogens (tertiary/aromatic N) is 3. The number of hydrogen-bond acceptors (Lipinski definition) is 5. The van der Waals surface area contributed by atoms with Crippen molar-refractivity contribution in [2.75, 3.05) is 24.6 Å². The van der Waals surface area contributed by atoms with Gasteiger partial charge in [-0.15, -0.1) is 0 Å². The fraction of sp³-hybridized carbons (Fsp3) is 0.462. The van der Waals surface area contributed by atoms with E-state index in [4.69, 9.17) is 9.47 Å². The van der Waals surface area contributed by atoms with Crippen LogP contribution in [0.3, 0.4) is 0 Å². The van der Waals surface area contributed by atoms with E-state index in [1.807, 2.05) is 55.6 Å². The highest BCUT2D eigenvalue weighted by atomic mass is 19.1. The van der Waals surface area contributed by atoms with Crippen molar-refractivity contribution in [2.24, 2.45) is 0 Å². The molecule has 1 aromatic carbocycles. The molecule has 33 heavy (non-hydrogen) atoms. The van der Waals surface area contributed by atoms with Crippen LogP contribution in [0.1, 0.15) is 53.5 Å². The summed E-state index contributed by atoms with van der Waals surface area (Å²) in [6.07, 6.45) is 4.25. The Hall–Kier alpha value is -2.77. The second-order valence-electron chi connectivity index (χ2n) is 9.32. The summed E-state index contributed by atoms with van der Waals surface area (Å²) < 4.78 is 28.7. The first kappa shape index (κ1) is 22.0. The summed E-state index contributed by atoms with van der Waals surface area (Å²) in [5.41, 5.74) is 4.62. The Morgan fingerprint density at radius 2 is 2.00 bits per heavy atom. The number of anilines is 1. The highest BCUT2D eigenvalue weighted by molar-refractivity contribution is 5.96. The molecule has 3 aromatic rings. The van der Waals surface area contributed by atoms with Crippen LogP contribution in [0.15, 0.2) is 36.5 Å². The van der Waals surface area contributed by atoms with E-state index in [-0.39, 0.29) is 17.7 Å². The van der Waals surface area contributed by atoms with Gasteiger partial charge in [-0.2, -0.15) is 0 Å². The van der Waals surface area contributed by atoms with Crippen LogP contribution < -0.4 is 4.90 Å². The minimum atomic E-state index is -0.499. The minimum absolute atomic E-state index is 0.0143. The maximum absolute atomic E-state index is 15.0. The van der Waals surface area contributed by atoms with E-state index in [0.717, 1.165) is 35.3 Å². The maximum Gasteiger partial charge on any atom is 0.181 e. The molecule has 5 rings (SSSR count). The maximum atomic E-state index is 15.0. The van der Waals surface area contributed by atoms with E-state index < -0.39 is 5.79 Å². The molecule has 2 fully saturated rings. The monoisotopic (exact) mass is 451 g/mol. The van der Waals surface area contributed by atoms with Gasteiger partial charge in [0.15, 0.2) is 11.6 Å². The number of pyridine rings is 1. The number of Topliss-reactive ketones (excluding diaryl/α,β-unsaturated/α-hetero) is 1. The zero-order valence-corrected chi connectivity index (χ0v) is 19.4. The number of rotatable bonds is 5. The molecule has 2 aliphatic rings. The predicted octanol–water partition coefficient (Wildman–Crippen LogP) is 4.64. The van der Waals surface area contributed by atoms with E-state index in [1.165, 1.54) is 0 Å². The molecule has 174 valence electrons. The highest BCUT2D eigenvalue weighted by Gasteiger charge is 2.42. The van der Waals surface area contributed by atoms with Gasteiger partial charge in [0.2, 0.25) is 0 Å². The Bertz CT molecular complexity index is 1200. The largest absolute Gasteiger partial charge is 0.369 e. The number of aryl methyl sites for hydroxylation is 3. The molecular weight excluding hydrogens is 421 g/mol. The summed E-state index contributed by atoms with van der Waals surface area (Å²) in [7, 11) is 0. The number of carbonyl (C=O) groups excluding carboxylic acids is 1. The Morgan fingerprint density at radius 3 is 2.70 bits per heavy atom. The third-order valence-corrected chi connectivity index (χ3v) is 6.74. The molecule has 0 aliphatic carbocycles. The zero-order valence-electron chi connectivity index (χ0n) is 19.4. The van der Waals surface area contributed by atoms with Crippen molar-refractivity contribution in [1.82, 2.24) is 9.38 Å². The van der Waals surface area contributed by atoms with Gasteiger partial charge in [-0.25, -0.2) is 9.37 Å². The molecule has 2 saturated heterocycles. The molecule has 0 unspecified atom stereocenters. The molecule has 0 saturated carbocycles. The third kappa shape index (κ3) is 4.27. The third-order valence-electron chi connectivity index (χ3n) is 6.74. The van der Waals surface area contributed by atoms with Gasteiger partial charge in [0.25, 0.3) is 0 Å². The summed E-state index contributed by atoms with van der Waals surface area (Å²) in [6, 6.07) is 9.24. The van der Waals surface area contributed by atoms with Crippen molar-refractivity contribution in [3.05, 3.63) is 64.9 Å². The van der Waals surface area contributed by atoms with E-state index >= 15 is 0 Å². The lowest BCUT2D eigenvalue weighted by Gasteiger charge is -2.39. The standard InChI is InChI=1S/C26H30FN3O3/c1-17-8-11-30-24(14-17)28-19(3)25(30)23(31)7-5-20-4-6-22(21(27)15-20)29-12-9-26(10-13-29)32-16-18(2)33-26/h4,6,8,11,14-15,18H,5,7,9-10,12-13,16H2,1-3H3/t18-/m0/s1. The first-order valence-corrected chi connectivity index (χ1v) is 11.7. The SMILES string of the molecule is Cc1ccn2c(C(=O)CCc3ccc(N4CCC5(CC4)OC[C@H](C)O5)c(F)c3)c(C)nc2c1. The number of aromatic nitrogens is 2. The smallest absolute Gasteiger partial charge is 0.181 e. The lowest BCUT2D eigenvalue weighted by Crippen LogP contribution is -2.45. The normalized spacial score (nSPS) is 20.1. The minimum Gasteiger partial charge on any atom is -0.369 e. The van der Waals surface area contributed by atoms with Crippen LogP contribution in [-0.2, 0) is 15.9 Å². The second-order valence-corrected chi connectivity index (χ2v) is 9.32. The molecule has 4 heterocycles. The summed E-state index contributed by atoms with van der Waals surface area (Å²) in [6.45, 7) is 7.87. The van der Waals surface area contributed by atoms with Gasteiger partial charge < -0.3 is 14.4 Å². The van der Waals surface area contributed by atoms with Gasteiger partial charge in [0.05, 0.1) is 24.1 Å². The van der Waals surface area contributed by atoms with E-state index in [1.54, 1.807) is 6.07 Å². The average molecular weight is 452 g/mol. The van der Waals surface area contributed by atoms with Crippen molar-refractivity contribution < 1.29 is 18.7 Å². The van der Waals surface area contributed by atoms with E-state index in [2.05, 4.69) is 9.88 Å². The first-order chi connectivity index (χ1) is 15.8. The Balaban J connectivity index is 1.23. The first-order valence-electron chi connectivity index (χ1n) is 11.7. The van der Waals surface area contributed by atoms with Gasteiger partial charge in [0.1, 0.15) is 17.2 Å². The van der Waals surface area contributed by atoms with E-state index in [0.29, 0.717) is 43.9 Å². The van der Waals surface area contributed by atoms with Crippen LogP contribution >= 0.6 is 0 Å². The quantitative estimate of drug-likeness (QED) is 0.529. The summed E-state index contributed by atoms with van der Waals surface area (Å²) in [5.74, 6) is -0.735. The van der Waals surface area contributed by atoms with Gasteiger partial charge in [-0.3, -0.25) is 9.20 Å². The molecule has 0 N–H and O–H groups in total. The number of fused-ring (bicyclic) bond motifs is 1. The van der Waals surface area contributed by atoms with Crippen LogP contribution in [-0.4, -0.2) is 46.8 Å². The Morgan fingerprint density at radius 1 is 1.21 bits per heavy atom. The fourth-order valence-electron chi connectivity index (χ4n) is 4.99. The molecule has 0 bridgehead atoms. The van der Waals surface area contributed by atoms with Crippen LogP contribution in [0.25, 0.3) is 5.65 Å². The van der Waals surface area contributed by atoms with Crippen LogP contribution in [0.5, 0.6) is 0 Å². The number of halogens is 1. The van der Waals surface area contributed by atoms with Crippen molar-refractivity contribution in [2.45, 2.75) is 58.3 Å². The number of ether oxygens (including phenoxy) is 2. The van der Waals surface area contributed by atoms with Gasteiger partial charge in [-0.1, -0.05) is 6.07 Å². The number of ketones is 1. The molecule has 2 aliphatic heterocycles. The average Bonchev–Trinajstić information content (AvgIpc) is 3.31. The van der Waals surface area contributed by atoms with Crippen molar-refractivity contribution >= 4 is 17.1 Å². The molecule has 0 amide bonds. The Kier molecular flexibility index (Phi) is 5.70. The predicted molar refractivity (Wildman–Crippen MR) is 124 cm³/mol. The molecule has 7 heteroatoms. The summed E-state index contributed by atoms with van der Waals surface area (Å²) in [4.78, 5) is 19.5. The molecule has 6 nitrogen and oxygen atoms in total. The second kappa shape index (κ2) is 8.54. The van der Waals surface area contributed by atoms with Gasteiger partial charge >= 0.3 is 0 Å². The highest BCUT2D eigenvalue weighted by Crippen LogP contribution is 2.36. The van der Waals surface area contributed by atoms with E-state index in [9.17, 15) is 9.18 Å². The number of benzene rings is 1.